The number of aliphatic hydroxyl groups excluding tert-OH is 1. The zero-order chi connectivity index (χ0) is 9.97. The summed E-state index contributed by atoms with van der Waals surface area (Å²) < 4.78 is 0. The number of rotatable bonds is 2. The lowest BCUT2D eigenvalue weighted by Gasteiger charge is -2.23. The van der Waals surface area contributed by atoms with Crippen LogP contribution in [0, 0.1) is 0 Å². The lowest BCUT2D eigenvalue weighted by molar-refractivity contribution is 0.0785. The van der Waals surface area contributed by atoms with Gasteiger partial charge in [0.15, 0.2) is 0 Å². The van der Waals surface area contributed by atoms with Crippen molar-refractivity contribution in [2.24, 2.45) is 4.99 Å². The van der Waals surface area contributed by atoms with E-state index in [-0.39, 0.29) is 0 Å². The number of hydrogen-bond donors (Lipinski definition) is 1. The quantitative estimate of drug-likeness (QED) is 0.757. The average Bonchev–Trinajstić information content (AvgIpc) is 2.67. The molecule has 1 aliphatic heterocycles. The first-order chi connectivity index (χ1) is 6.79. The van der Waals surface area contributed by atoms with Gasteiger partial charge in [-0.25, -0.2) is 0 Å². The van der Waals surface area contributed by atoms with Crippen molar-refractivity contribution in [1.29, 1.82) is 0 Å². The standard InChI is InChI=1S/C11H14N2O/c1-9(14)13-8-7-12-11(13)10-5-3-2-4-6-10/h2-6,9,14H,7-8H2,1H3. The van der Waals surface area contributed by atoms with Gasteiger partial charge < -0.3 is 10.0 Å². The zero-order valence-electron chi connectivity index (χ0n) is 8.22. The zero-order valence-corrected chi connectivity index (χ0v) is 8.22. The average molecular weight is 190 g/mol. The summed E-state index contributed by atoms with van der Waals surface area (Å²) in [5, 5.41) is 9.53. The molecule has 1 unspecified atom stereocenters. The normalized spacial score (nSPS) is 18.1. The first kappa shape index (κ1) is 9.21. The predicted octanol–water partition coefficient (Wildman–Crippen LogP) is 1.09. The predicted molar refractivity (Wildman–Crippen MR) is 56.2 cm³/mol. The molecule has 74 valence electrons. The molecule has 1 heterocycles. The molecule has 0 saturated heterocycles. The highest BCUT2D eigenvalue weighted by atomic mass is 16.3. The number of aliphatic hydroxyl groups is 1. The van der Waals surface area contributed by atoms with E-state index in [1.54, 1.807) is 6.92 Å². The van der Waals surface area contributed by atoms with E-state index in [1.807, 2.05) is 35.2 Å². The fourth-order valence-corrected chi connectivity index (χ4v) is 1.67. The van der Waals surface area contributed by atoms with Crippen LogP contribution in [0.5, 0.6) is 0 Å². The molecule has 3 nitrogen and oxygen atoms in total. The summed E-state index contributed by atoms with van der Waals surface area (Å²) in [6.07, 6.45) is -0.462. The van der Waals surface area contributed by atoms with Gasteiger partial charge in [-0.2, -0.15) is 0 Å². The molecule has 1 N–H and O–H groups in total. The maximum absolute atomic E-state index is 9.53. The third-order valence-electron chi connectivity index (χ3n) is 2.36. The van der Waals surface area contributed by atoms with Crippen LogP contribution in [0.25, 0.3) is 0 Å². The first-order valence-electron chi connectivity index (χ1n) is 4.83. The van der Waals surface area contributed by atoms with Gasteiger partial charge >= 0.3 is 0 Å². The molecular formula is C11H14N2O. The SMILES string of the molecule is CC(O)N1CCN=C1c1ccccc1. The Hall–Kier alpha value is -1.35. The van der Waals surface area contributed by atoms with Gasteiger partial charge in [-0.05, 0) is 6.92 Å². The maximum atomic E-state index is 9.53. The number of aliphatic imine (C=N–C) groups is 1. The molecule has 2 rings (SSSR count). The van der Waals surface area contributed by atoms with Crippen molar-refractivity contribution in [3.63, 3.8) is 0 Å². The summed E-state index contributed by atoms with van der Waals surface area (Å²) in [6, 6.07) is 9.97. The Kier molecular flexibility index (Phi) is 2.50. The Labute approximate surface area is 83.7 Å². The van der Waals surface area contributed by atoms with E-state index in [4.69, 9.17) is 0 Å². The minimum atomic E-state index is -0.462. The lowest BCUT2D eigenvalue weighted by atomic mass is 10.2. The summed E-state index contributed by atoms with van der Waals surface area (Å²) >= 11 is 0. The largest absolute Gasteiger partial charge is 0.374 e. The van der Waals surface area contributed by atoms with Gasteiger partial charge in [-0.3, -0.25) is 4.99 Å². The molecule has 14 heavy (non-hydrogen) atoms. The van der Waals surface area contributed by atoms with Crippen molar-refractivity contribution in [2.45, 2.75) is 13.2 Å². The molecule has 0 aromatic heterocycles. The van der Waals surface area contributed by atoms with Gasteiger partial charge in [-0.1, -0.05) is 30.3 Å². The van der Waals surface area contributed by atoms with Crippen molar-refractivity contribution < 1.29 is 5.11 Å². The summed E-state index contributed by atoms with van der Waals surface area (Å²) in [7, 11) is 0. The second kappa shape index (κ2) is 3.80. The molecule has 0 radical (unpaired) electrons. The number of hydrogen-bond acceptors (Lipinski definition) is 3. The number of amidine groups is 1. The lowest BCUT2D eigenvalue weighted by Crippen LogP contribution is -2.36. The van der Waals surface area contributed by atoms with E-state index in [0.29, 0.717) is 0 Å². The Morgan fingerprint density at radius 1 is 1.36 bits per heavy atom. The number of nitrogens with zero attached hydrogens (tertiary/aromatic N) is 2. The van der Waals surface area contributed by atoms with E-state index in [9.17, 15) is 5.11 Å². The van der Waals surface area contributed by atoms with E-state index >= 15 is 0 Å². The van der Waals surface area contributed by atoms with Crippen LogP contribution in [0.3, 0.4) is 0 Å². The van der Waals surface area contributed by atoms with Gasteiger partial charge in [0, 0.05) is 12.1 Å². The third kappa shape index (κ3) is 1.63. The minimum Gasteiger partial charge on any atom is -0.374 e. The van der Waals surface area contributed by atoms with E-state index in [2.05, 4.69) is 4.99 Å². The van der Waals surface area contributed by atoms with Crippen molar-refractivity contribution in [3.8, 4) is 0 Å². The van der Waals surface area contributed by atoms with Crippen molar-refractivity contribution in [1.82, 2.24) is 4.90 Å². The van der Waals surface area contributed by atoms with Crippen LogP contribution in [0.1, 0.15) is 12.5 Å². The molecule has 1 atom stereocenters. The van der Waals surface area contributed by atoms with Crippen LogP contribution in [-0.2, 0) is 0 Å². The second-order valence-electron chi connectivity index (χ2n) is 3.40. The Balaban J connectivity index is 2.26. The molecule has 0 bridgehead atoms. The molecule has 0 aliphatic carbocycles. The van der Waals surface area contributed by atoms with E-state index in [0.717, 1.165) is 24.5 Å². The summed E-state index contributed by atoms with van der Waals surface area (Å²) in [6.45, 7) is 3.35. The molecule has 1 aromatic carbocycles. The molecule has 0 fully saturated rings. The fraction of sp³-hybridized carbons (Fsp3) is 0.364. The summed E-state index contributed by atoms with van der Waals surface area (Å²) in [4.78, 5) is 6.30. The maximum Gasteiger partial charge on any atom is 0.133 e. The highest BCUT2D eigenvalue weighted by Crippen LogP contribution is 2.12. The summed E-state index contributed by atoms with van der Waals surface area (Å²) in [5.41, 5.74) is 1.07. The van der Waals surface area contributed by atoms with Gasteiger partial charge in [0.25, 0.3) is 0 Å². The van der Waals surface area contributed by atoms with Crippen LogP contribution in [-0.4, -0.2) is 35.2 Å². The molecule has 1 aliphatic rings. The van der Waals surface area contributed by atoms with Crippen LogP contribution in [0.4, 0.5) is 0 Å². The minimum absolute atomic E-state index is 0.462. The van der Waals surface area contributed by atoms with Crippen molar-refractivity contribution >= 4 is 5.84 Å². The molecule has 0 spiro atoms. The topological polar surface area (TPSA) is 35.8 Å². The highest BCUT2D eigenvalue weighted by molar-refractivity contribution is 5.99. The molecular weight excluding hydrogens is 176 g/mol. The van der Waals surface area contributed by atoms with Gasteiger partial charge in [0.2, 0.25) is 0 Å². The Bertz CT molecular complexity index is 332. The monoisotopic (exact) mass is 190 g/mol. The third-order valence-corrected chi connectivity index (χ3v) is 2.36. The van der Waals surface area contributed by atoms with Crippen molar-refractivity contribution in [2.75, 3.05) is 13.1 Å². The Morgan fingerprint density at radius 2 is 2.07 bits per heavy atom. The second-order valence-corrected chi connectivity index (χ2v) is 3.40. The summed E-state index contributed by atoms with van der Waals surface area (Å²) in [5.74, 6) is 0.903. The molecule has 3 heteroatoms. The first-order valence-corrected chi connectivity index (χ1v) is 4.83. The smallest absolute Gasteiger partial charge is 0.133 e. The van der Waals surface area contributed by atoms with Crippen LogP contribution < -0.4 is 0 Å². The van der Waals surface area contributed by atoms with Gasteiger partial charge in [0.05, 0.1) is 6.54 Å². The number of benzene rings is 1. The van der Waals surface area contributed by atoms with Gasteiger partial charge in [-0.15, -0.1) is 0 Å². The Morgan fingerprint density at radius 3 is 2.71 bits per heavy atom. The molecule has 1 aromatic rings. The molecule has 0 saturated carbocycles. The van der Waals surface area contributed by atoms with Gasteiger partial charge in [0.1, 0.15) is 12.1 Å². The highest BCUT2D eigenvalue weighted by Gasteiger charge is 2.21. The van der Waals surface area contributed by atoms with E-state index in [1.165, 1.54) is 0 Å². The molecule has 0 amide bonds. The van der Waals surface area contributed by atoms with Crippen LogP contribution in [0.2, 0.25) is 0 Å². The van der Waals surface area contributed by atoms with E-state index < -0.39 is 6.23 Å². The van der Waals surface area contributed by atoms with Crippen LogP contribution in [0.15, 0.2) is 35.3 Å². The van der Waals surface area contributed by atoms with Crippen molar-refractivity contribution in [3.05, 3.63) is 35.9 Å². The fourth-order valence-electron chi connectivity index (χ4n) is 1.67. The van der Waals surface area contributed by atoms with Crippen LogP contribution >= 0.6 is 0 Å².